The van der Waals surface area contributed by atoms with Crippen molar-refractivity contribution in [2.45, 2.75) is 84.2 Å². The van der Waals surface area contributed by atoms with Gasteiger partial charge in [0.15, 0.2) is 24.6 Å². The molecule has 4 aromatic rings. The highest BCUT2D eigenvalue weighted by Gasteiger charge is 2.52. The van der Waals surface area contributed by atoms with E-state index in [2.05, 4.69) is 16.2 Å². The number of nitrogens with zero attached hydrogens (tertiary/aromatic N) is 3. The lowest BCUT2D eigenvalue weighted by atomic mass is 9.98. The summed E-state index contributed by atoms with van der Waals surface area (Å²) in [7, 11) is 0. The lowest BCUT2D eigenvalue weighted by Crippen LogP contribution is -2.63. The first-order valence-electron chi connectivity index (χ1n) is 18.8. The van der Waals surface area contributed by atoms with Crippen molar-refractivity contribution >= 4 is 29.8 Å². The summed E-state index contributed by atoms with van der Waals surface area (Å²) in [4.78, 5) is 60.5. The van der Waals surface area contributed by atoms with Gasteiger partial charge in [0.25, 0.3) is 0 Å². The third-order valence-electron chi connectivity index (χ3n) is 8.74. The molecule has 0 saturated carbocycles. The van der Waals surface area contributed by atoms with Crippen LogP contribution >= 0.6 is 0 Å². The lowest BCUT2D eigenvalue weighted by Gasteiger charge is -2.44. The van der Waals surface area contributed by atoms with Crippen molar-refractivity contribution in [3.63, 3.8) is 0 Å². The van der Waals surface area contributed by atoms with Crippen molar-refractivity contribution in [3.05, 3.63) is 84.6 Å². The number of terminal acetylenes is 1. The van der Waals surface area contributed by atoms with Crippen LogP contribution in [0.15, 0.2) is 79.0 Å². The molecule has 0 unspecified atom stereocenters. The number of carbonyl (C=O) groups is 5. The van der Waals surface area contributed by atoms with Crippen molar-refractivity contribution in [2.24, 2.45) is 0 Å². The van der Waals surface area contributed by atoms with Crippen LogP contribution in [0, 0.1) is 12.3 Å². The molecule has 310 valence electrons. The number of carbonyl (C=O) groups excluding carboxylic acids is 5. The summed E-state index contributed by atoms with van der Waals surface area (Å²) in [6, 6.07) is 21.6. The van der Waals surface area contributed by atoms with E-state index in [0.29, 0.717) is 35.8 Å². The minimum absolute atomic E-state index is 0.0311. The average molecular weight is 812 g/mol. The van der Waals surface area contributed by atoms with Gasteiger partial charge < -0.3 is 37.9 Å². The van der Waals surface area contributed by atoms with E-state index in [1.807, 2.05) is 36.4 Å². The number of unbranched alkanes of at least 4 members (excludes halogenated alkanes) is 2. The SMILES string of the molecule is C#CCCCCOc1ccc(C(=O)Oc2ccc(-c3ccc(-c4cn(CCO[C@@H]5O[C@H](COC(C)=O)[C@H](OC(C)=O)[C@H](OC(C)=O)[C@H]5OC(C)=O)nn4)cc3)cc2)cc1. The molecule has 59 heavy (non-hydrogen) atoms. The maximum atomic E-state index is 12.7. The smallest absolute Gasteiger partial charge is 0.343 e. The molecular weight excluding hydrogens is 766 g/mol. The van der Waals surface area contributed by atoms with Gasteiger partial charge in [0, 0.05) is 39.7 Å². The van der Waals surface area contributed by atoms with E-state index in [-0.39, 0.29) is 19.8 Å². The van der Waals surface area contributed by atoms with Crippen LogP contribution in [0.2, 0.25) is 0 Å². The Bertz CT molecular complexity index is 2090. The van der Waals surface area contributed by atoms with Crippen LogP contribution in [0.25, 0.3) is 22.4 Å². The zero-order valence-corrected chi connectivity index (χ0v) is 33.1. The lowest BCUT2D eigenvalue weighted by molar-refractivity contribution is -0.308. The Labute approximate surface area is 341 Å². The molecule has 1 fully saturated rings. The molecule has 3 aromatic carbocycles. The van der Waals surface area contributed by atoms with E-state index in [0.717, 1.165) is 50.3 Å². The Morgan fingerprint density at radius 1 is 0.712 bits per heavy atom. The summed E-state index contributed by atoms with van der Waals surface area (Å²) in [6.45, 7) is 4.96. The van der Waals surface area contributed by atoms with Crippen molar-refractivity contribution in [3.8, 4) is 46.2 Å². The van der Waals surface area contributed by atoms with Crippen molar-refractivity contribution in [1.82, 2.24) is 15.0 Å². The maximum absolute atomic E-state index is 12.7. The molecule has 0 aliphatic carbocycles. The molecule has 0 N–H and O–H groups in total. The minimum atomic E-state index is -1.34. The van der Waals surface area contributed by atoms with E-state index < -0.39 is 60.6 Å². The van der Waals surface area contributed by atoms with Gasteiger partial charge in [0.05, 0.1) is 31.5 Å². The summed E-state index contributed by atoms with van der Waals surface area (Å²) in [5, 5.41) is 8.47. The Kier molecular flexibility index (Phi) is 15.7. The predicted molar refractivity (Wildman–Crippen MR) is 208 cm³/mol. The fourth-order valence-electron chi connectivity index (χ4n) is 6.05. The molecule has 5 atom stereocenters. The van der Waals surface area contributed by atoms with Gasteiger partial charge in [0.1, 0.15) is 29.9 Å². The number of ether oxygens (including phenoxy) is 8. The fraction of sp³-hybridized carbons (Fsp3) is 0.372. The molecule has 0 radical (unpaired) electrons. The third kappa shape index (κ3) is 13.0. The first-order valence-corrected chi connectivity index (χ1v) is 18.8. The molecule has 1 aromatic heterocycles. The summed E-state index contributed by atoms with van der Waals surface area (Å²) >= 11 is 0. The summed E-state index contributed by atoms with van der Waals surface area (Å²) in [5.74, 6) is 0.352. The van der Waals surface area contributed by atoms with Crippen LogP contribution < -0.4 is 9.47 Å². The van der Waals surface area contributed by atoms with E-state index in [1.165, 1.54) is 6.92 Å². The maximum Gasteiger partial charge on any atom is 0.343 e. The van der Waals surface area contributed by atoms with Gasteiger partial charge in [-0.25, -0.2) is 9.48 Å². The van der Waals surface area contributed by atoms with Crippen LogP contribution in [-0.2, 0) is 54.1 Å². The highest BCUT2D eigenvalue weighted by atomic mass is 16.7. The van der Waals surface area contributed by atoms with E-state index in [9.17, 15) is 24.0 Å². The van der Waals surface area contributed by atoms with Crippen LogP contribution in [0.4, 0.5) is 0 Å². The molecule has 16 nitrogen and oxygen atoms in total. The molecule has 0 amide bonds. The Morgan fingerprint density at radius 2 is 1.31 bits per heavy atom. The molecule has 1 aliphatic heterocycles. The Hall–Kier alpha value is -6.57. The monoisotopic (exact) mass is 811 g/mol. The van der Waals surface area contributed by atoms with Crippen molar-refractivity contribution in [1.29, 1.82) is 0 Å². The second kappa shape index (κ2) is 21.3. The number of benzene rings is 3. The Balaban J connectivity index is 1.16. The number of esters is 5. The quantitative estimate of drug-likeness (QED) is 0.0423. The first kappa shape index (κ1) is 43.6. The molecule has 2 heterocycles. The van der Waals surface area contributed by atoms with E-state index in [4.69, 9.17) is 44.3 Å². The number of rotatable bonds is 18. The van der Waals surface area contributed by atoms with Crippen LogP contribution in [0.5, 0.6) is 11.5 Å². The number of aromatic nitrogens is 3. The normalized spacial score (nSPS) is 18.5. The topological polar surface area (TPSA) is 190 Å². The van der Waals surface area contributed by atoms with Gasteiger partial charge >= 0.3 is 29.8 Å². The zero-order chi connectivity index (χ0) is 42.3. The fourth-order valence-corrected chi connectivity index (χ4v) is 6.05. The predicted octanol–water partition coefficient (Wildman–Crippen LogP) is 5.11. The third-order valence-corrected chi connectivity index (χ3v) is 8.74. The van der Waals surface area contributed by atoms with E-state index >= 15 is 0 Å². The molecule has 0 bridgehead atoms. The van der Waals surface area contributed by atoms with Gasteiger partial charge in [-0.3, -0.25) is 19.2 Å². The van der Waals surface area contributed by atoms with Gasteiger partial charge in [-0.15, -0.1) is 17.4 Å². The van der Waals surface area contributed by atoms with Crippen LogP contribution in [0.1, 0.15) is 57.3 Å². The molecule has 0 spiro atoms. The van der Waals surface area contributed by atoms with Gasteiger partial charge in [-0.05, 0) is 60.4 Å². The second-order valence-electron chi connectivity index (χ2n) is 13.3. The van der Waals surface area contributed by atoms with Crippen LogP contribution in [0.3, 0.4) is 0 Å². The largest absolute Gasteiger partial charge is 0.494 e. The second-order valence-corrected chi connectivity index (χ2v) is 13.3. The van der Waals surface area contributed by atoms with Crippen LogP contribution in [-0.4, -0.2) is 95.4 Å². The Morgan fingerprint density at radius 3 is 1.93 bits per heavy atom. The zero-order valence-electron chi connectivity index (χ0n) is 33.1. The molecule has 16 heteroatoms. The summed E-state index contributed by atoms with van der Waals surface area (Å²) < 4.78 is 46.1. The van der Waals surface area contributed by atoms with E-state index in [1.54, 1.807) is 47.3 Å². The highest BCUT2D eigenvalue weighted by Crippen LogP contribution is 2.30. The number of hydrogen-bond donors (Lipinski definition) is 0. The van der Waals surface area contributed by atoms with Gasteiger partial charge in [0.2, 0.25) is 0 Å². The number of hydrogen-bond acceptors (Lipinski definition) is 15. The molecule has 5 rings (SSSR count). The standard InChI is InChI=1S/C43H45N3O13/c1-6-7-8-9-23-52-35-18-16-34(17-19-35)42(51)58-36-20-14-32(15-21-36)31-10-12-33(13-11-31)37-25-46(45-44-37)22-24-53-43-41(57-30(5)50)40(56-29(4)49)39(55-28(3)48)38(59-43)26-54-27(2)47/h1,10-21,25,38-41,43H,7-9,22-24,26H2,2-5H3/t38-,39+,40+,41-,43-/m1/s1. The van der Waals surface area contributed by atoms with Gasteiger partial charge in [-0.1, -0.05) is 41.6 Å². The molecular formula is C43H45N3O13. The van der Waals surface area contributed by atoms with Crippen molar-refractivity contribution in [2.75, 3.05) is 19.8 Å². The minimum Gasteiger partial charge on any atom is -0.494 e. The van der Waals surface area contributed by atoms with Crippen molar-refractivity contribution < 1.29 is 61.9 Å². The summed E-state index contributed by atoms with van der Waals surface area (Å²) in [5.41, 5.74) is 3.61. The highest BCUT2D eigenvalue weighted by molar-refractivity contribution is 5.91. The molecule has 1 aliphatic rings. The summed E-state index contributed by atoms with van der Waals surface area (Å²) in [6.07, 6.45) is 3.05. The molecule has 1 saturated heterocycles. The van der Waals surface area contributed by atoms with Gasteiger partial charge in [-0.2, -0.15) is 0 Å². The average Bonchev–Trinajstić information content (AvgIpc) is 3.68. The first-order chi connectivity index (χ1) is 28.4.